The number of carbonyl (C=O) groups excluding carboxylic acids is 2. The van der Waals surface area contributed by atoms with Gasteiger partial charge < -0.3 is 10.2 Å². The molecule has 1 saturated heterocycles. The van der Waals surface area contributed by atoms with Crippen molar-refractivity contribution in [2.24, 2.45) is 0 Å². The molecule has 0 bridgehead atoms. The van der Waals surface area contributed by atoms with Gasteiger partial charge in [0, 0.05) is 24.7 Å². The quantitative estimate of drug-likeness (QED) is 0.692. The van der Waals surface area contributed by atoms with Crippen molar-refractivity contribution < 1.29 is 18.4 Å². The fourth-order valence-electron chi connectivity index (χ4n) is 3.51. The van der Waals surface area contributed by atoms with Crippen LogP contribution in [0.4, 0.5) is 8.78 Å². The summed E-state index contributed by atoms with van der Waals surface area (Å²) in [6.07, 6.45) is 1.15. The van der Waals surface area contributed by atoms with E-state index in [4.69, 9.17) is 0 Å². The first kappa shape index (κ1) is 19.8. The lowest BCUT2D eigenvalue weighted by Gasteiger charge is -2.32. The van der Waals surface area contributed by atoms with Crippen LogP contribution in [-0.4, -0.2) is 46.0 Å². The smallest absolute Gasteiger partial charge is 0.271 e. The number of carbonyl (C=O) groups is 2. The average molecular weight is 410 g/mol. The van der Waals surface area contributed by atoms with E-state index < -0.39 is 11.7 Å². The van der Waals surface area contributed by atoms with Crippen molar-refractivity contribution in [1.29, 1.82) is 0 Å². The lowest BCUT2D eigenvalue weighted by Crippen LogP contribution is -2.46. The summed E-state index contributed by atoms with van der Waals surface area (Å²) in [5.74, 6) is -1.53. The van der Waals surface area contributed by atoms with Crippen LogP contribution in [0.15, 0.2) is 54.6 Å². The Hall–Kier alpha value is -3.55. The lowest BCUT2D eigenvalue weighted by molar-refractivity contribution is 0.0692. The molecule has 154 valence electrons. The molecule has 0 unspecified atom stereocenters. The Morgan fingerprint density at radius 2 is 1.73 bits per heavy atom. The van der Waals surface area contributed by atoms with Crippen molar-refractivity contribution in [2.75, 3.05) is 13.1 Å². The molecular weight excluding hydrogens is 390 g/mol. The predicted molar refractivity (Wildman–Crippen MR) is 107 cm³/mol. The summed E-state index contributed by atoms with van der Waals surface area (Å²) < 4.78 is 26.8. The zero-order chi connectivity index (χ0) is 21.1. The lowest BCUT2D eigenvalue weighted by atomic mass is 10.0. The standard InChI is InChI=1S/C22H20F2N4O2/c23-15-7-5-14(6-8-15)19-13-20(27-26-19)22(30)28-11-9-16(10-12-28)25-21(29)17-3-1-2-4-18(17)24/h1-8,13,16H,9-12H2,(H,25,29)(H,26,27). The number of hydrogen-bond donors (Lipinski definition) is 2. The molecule has 2 N–H and O–H groups in total. The van der Waals surface area contributed by atoms with Crippen molar-refractivity contribution in [1.82, 2.24) is 20.4 Å². The number of nitrogens with zero attached hydrogens (tertiary/aromatic N) is 2. The second-order valence-corrected chi connectivity index (χ2v) is 7.19. The monoisotopic (exact) mass is 410 g/mol. The van der Waals surface area contributed by atoms with E-state index in [0.29, 0.717) is 42.9 Å². The van der Waals surface area contributed by atoms with E-state index >= 15 is 0 Å². The number of aromatic nitrogens is 2. The van der Waals surface area contributed by atoms with Gasteiger partial charge in [-0.05, 0) is 55.3 Å². The van der Waals surface area contributed by atoms with Crippen molar-refractivity contribution >= 4 is 11.8 Å². The number of halogens is 2. The molecule has 0 radical (unpaired) electrons. The molecule has 3 aromatic rings. The van der Waals surface area contributed by atoms with Crippen LogP contribution in [0.1, 0.15) is 33.7 Å². The molecule has 8 heteroatoms. The fourth-order valence-corrected chi connectivity index (χ4v) is 3.51. The molecule has 4 rings (SSSR count). The topological polar surface area (TPSA) is 78.1 Å². The normalized spacial score (nSPS) is 14.5. The highest BCUT2D eigenvalue weighted by molar-refractivity contribution is 5.95. The van der Waals surface area contributed by atoms with Crippen LogP contribution < -0.4 is 5.32 Å². The van der Waals surface area contributed by atoms with Gasteiger partial charge in [-0.3, -0.25) is 14.7 Å². The molecular formula is C22H20F2N4O2. The predicted octanol–water partition coefficient (Wildman–Crippen LogP) is 3.39. The van der Waals surface area contributed by atoms with E-state index in [-0.39, 0.29) is 23.3 Å². The van der Waals surface area contributed by atoms with Gasteiger partial charge in [-0.25, -0.2) is 8.78 Å². The van der Waals surface area contributed by atoms with Gasteiger partial charge in [0.05, 0.1) is 11.3 Å². The number of benzene rings is 2. The molecule has 0 spiro atoms. The molecule has 30 heavy (non-hydrogen) atoms. The summed E-state index contributed by atoms with van der Waals surface area (Å²) in [5.41, 5.74) is 1.64. The molecule has 0 aliphatic carbocycles. The van der Waals surface area contributed by atoms with Crippen molar-refractivity contribution in [2.45, 2.75) is 18.9 Å². The highest BCUT2D eigenvalue weighted by atomic mass is 19.1. The summed E-state index contributed by atoms with van der Waals surface area (Å²) in [5, 5.41) is 9.72. The summed E-state index contributed by atoms with van der Waals surface area (Å²) >= 11 is 0. The molecule has 2 aromatic carbocycles. The van der Waals surface area contributed by atoms with E-state index in [1.807, 2.05) is 0 Å². The van der Waals surface area contributed by atoms with Crippen LogP contribution in [0.25, 0.3) is 11.3 Å². The molecule has 6 nitrogen and oxygen atoms in total. The van der Waals surface area contributed by atoms with E-state index in [1.165, 1.54) is 30.3 Å². The van der Waals surface area contributed by atoms with Crippen LogP contribution >= 0.6 is 0 Å². The number of hydrogen-bond acceptors (Lipinski definition) is 3. The van der Waals surface area contributed by atoms with Gasteiger partial charge in [-0.2, -0.15) is 5.10 Å². The van der Waals surface area contributed by atoms with Crippen LogP contribution in [0.2, 0.25) is 0 Å². The zero-order valence-electron chi connectivity index (χ0n) is 16.1. The van der Waals surface area contributed by atoms with Gasteiger partial charge in [0.15, 0.2) is 0 Å². The number of nitrogens with one attached hydrogen (secondary N) is 2. The molecule has 1 fully saturated rings. The third-order valence-corrected chi connectivity index (χ3v) is 5.18. The molecule has 1 aromatic heterocycles. The van der Waals surface area contributed by atoms with Crippen molar-refractivity contribution in [3.63, 3.8) is 0 Å². The number of piperidine rings is 1. The Balaban J connectivity index is 1.34. The van der Waals surface area contributed by atoms with Gasteiger partial charge in [0.25, 0.3) is 11.8 Å². The maximum atomic E-state index is 13.8. The third kappa shape index (κ3) is 4.22. The highest BCUT2D eigenvalue weighted by Gasteiger charge is 2.26. The van der Waals surface area contributed by atoms with Gasteiger partial charge in [-0.1, -0.05) is 12.1 Å². The Morgan fingerprint density at radius 3 is 2.43 bits per heavy atom. The van der Waals surface area contributed by atoms with E-state index in [1.54, 1.807) is 29.2 Å². The minimum absolute atomic E-state index is 0.0155. The van der Waals surface area contributed by atoms with E-state index in [9.17, 15) is 18.4 Å². The van der Waals surface area contributed by atoms with Gasteiger partial charge in [0.1, 0.15) is 17.3 Å². The first-order valence-electron chi connectivity index (χ1n) is 9.67. The maximum absolute atomic E-state index is 13.8. The largest absolute Gasteiger partial charge is 0.349 e. The average Bonchev–Trinajstić information content (AvgIpc) is 3.25. The van der Waals surface area contributed by atoms with Gasteiger partial charge in [-0.15, -0.1) is 0 Å². The van der Waals surface area contributed by atoms with Crippen molar-refractivity contribution in [3.05, 3.63) is 77.5 Å². The van der Waals surface area contributed by atoms with Gasteiger partial charge in [0.2, 0.25) is 0 Å². The van der Waals surface area contributed by atoms with E-state index in [2.05, 4.69) is 15.5 Å². The molecule has 1 aliphatic rings. The van der Waals surface area contributed by atoms with Crippen LogP contribution in [-0.2, 0) is 0 Å². The maximum Gasteiger partial charge on any atom is 0.271 e. The first-order valence-corrected chi connectivity index (χ1v) is 9.67. The summed E-state index contributed by atoms with van der Waals surface area (Å²) in [6, 6.07) is 13.2. The number of likely N-dealkylation sites (tertiary alicyclic amines) is 1. The van der Waals surface area contributed by atoms with Gasteiger partial charge >= 0.3 is 0 Å². The minimum Gasteiger partial charge on any atom is -0.349 e. The number of rotatable bonds is 4. The summed E-state index contributed by atoms with van der Waals surface area (Å²) in [4.78, 5) is 26.7. The van der Waals surface area contributed by atoms with Crippen molar-refractivity contribution in [3.8, 4) is 11.3 Å². The van der Waals surface area contributed by atoms with Crippen LogP contribution in [0.3, 0.4) is 0 Å². The third-order valence-electron chi connectivity index (χ3n) is 5.18. The molecule has 2 amide bonds. The van der Waals surface area contributed by atoms with E-state index in [0.717, 1.165) is 0 Å². The minimum atomic E-state index is -0.557. The SMILES string of the molecule is O=C(NC1CCN(C(=O)c2cc(-c3ccc(F)cc3)n[nH]2)CC1)c1ccccc1F. The zero-order valence-corrected chi connectivity index (χ0v) is 16.1. The second-order valence-electron chi connectivity index (χ2n) is 7.19. The van der Waals surface area contributed by atoms with Crippen LogP contribution in [0, 0.1) is 11.6 Å². The number of H-pyrrole nitrogens is 1. The number of amides is 2. The molecule has 2 heterocycles. The number of aromatic amines is 1. The highest BCUT2D eigenvalue weighted by Crippen LogP contribution is 2.20. The summed E-state index contributed by atoms with van der Waals surface area (Å²) in [6.45, 7) is 0.928. The Morgan fingerprint density at radius 1 is 1.03 bits per heavy atom. The Labute approximate surface area is 171 Å². The second kappa shape index (κ2) is 8.44. The molecule has 1 aliphatic heterocycles. The molecule has 0 saturated carbocycles. The molecule has 0 atom stereocenters. The fraction of sp³-hybridized carbons (Fsp3) is 0.227. The Bertz CT molecular complexity index is 1060. The Kier molecular flexibility index (Phi) is 5.56. The first-order chi connectivity index (χ1) is 14.5. The summed E-state index contributed by atoms with van der Waals surface area (Å²) in [7, 11) is 0. The van der Waals surface area contributed by atoms with Crippen LogP contribution in [0.5, 0.6) is 0 Å².